The molecule has 13 nitrogen and oxygen atoms in total. The van der Waals surface area contributed by atoms with E-state index < -0.39 is 4.92 Å². The van der Waals surface area contributed by atoms with Crippen molar-refractivity contribution in [1.82, 2.24) is 0 Å². The monoisotopic (exact) mass is 645 g/mol. The minimum atomic E-state index is -0.452. The Labute approximate surface area is 278 Å². The number of rotatable bonds is 28. The molecule has 1 aromatic carbocycles. The molecule has 0 saturated heterocycles. The molecule has 0 unspecified atom stereocenters. The second-order valence-corrected chi connectivity index (χ2v) is 7.29. The van der Waals surface area contributed by atoms with Gasteiger partial charge in [0, 0.05) is 18.7 Å². The molecule has 1 rings (SSSR count). The van der Waals surface area contributed by atoms with Crippen molar-refractivity contribution >= 4 is 55.8 Å². The molecule has 0 amide bonds. The largest absolute Gasteiger partial charge is 1.00 e. The number of benzene rings is 1. The average Bonchev–Trinajstić information content (AvgIpc) is 2.91. The van der Waals surface area contributed by atoms with Gasteiger partial charge in [0.05, 0.1) is 111 Å². The topological polar surface area (TPSA) is 152 Å². The van der Waals surface area contributed by atoms with E-state index in [1.807, 2.05) is 0 Å². The molecule has 0 bridgehead atoms. The van der Waals surface area contributed by atoms with Crippen LogP contribution < -0.4 is 22.9 Å². The molecule has 1 radical (unpaired) electrons. The molecule has 0 atom stereocenters. The van der Waals surface area contributed by atoms with Crippen molar-refractivity contribution < 1.29 is 60.0 Å². The second kappa shape index (κ2) is 35.1. The van der Waals surface area contributed by atoms with Gasteiger partial charge in [-0.05, 0) is 12.1 Å². The van der Waals surface area contributed by atoms with Gasteiger partial charge in [0.25, 0.3) is 5.69 Å². The number of nitro benzene ring substituents is 1. The summed E-state index contributed by atoms with van der Waals surface area (Å²) in [5, 5.41) is 10.6. The first kappa shape index (κ1) is 44.3. The van der Waals surface area contributed by atoms with Crippen LogP contribution in [0.5, 0.6) is 5.75 Å². The summed E-state index contributed by atoms with van der Waals surface area (Å²) in [6, 6.07) is 5.91. The van der Waals surface area contributed by atoms with Gasteiger partial charge in [-0.25, -0.2) is 0 Å². The fourth-order valence-electron chi connectivity index (χ4n) is 2.61. The third kappa shape index (κ3) is 29.4. The van der Waals surface area contributed by atoms with Crippen molar-refractivity contribution in [2.45, 2.75) is 0 Å². The van der Waals surface area contributed by atoms with Crippen LogP contribution in [0.25, 0.3) is 0 Å². The first-order valence-electron chi connectivity index (χ1n) is 12.4. The summed E-state index contributed by atoms with van der Waals surface area (Å²) in [5.41, 5.74) is 5.34. The van der Waals surface area contributed by atoms with Crippen molar-refractivity contribution in [1.29, 1.82) is 0 Å². The molecule has 0 heterocycles. The van der Waals surface area contributed by atoms with Crippen molar-refractivity contribution in [3.8, 4) is 5.75 Å². The molecule has 0 spiro atoms. The molecule has 0 aliphatic carbocycles. The van der Waals surface area contributed by atoms with E-state index in [4.69, 9.17) is 48.4 Å². The van der Waals surface area contributed by atoms with Gasteiger partial charge in [0.15, 0.2) is 0 Å². The summed E-state index contributed by atoms with van der Waals surface area (Å²) in [7, 11) is 0. The van der Waals surface area contributed by atoms with Crippen LogP contribution in [-0.2, 0) is 37.9 Å². The number of hydrogen-bond acceptors (Lipinski definition) is 12. The van der Waals surface area contributed by atoms with E-state index in [9.17, 15) is 10.1 Å². The molecule has 0 aliphatic rings. The molecule has 231 valence electrons. The summed E-state index contributed by atoms with van der Waals surface area (Å²) in [6.07, 6.45) is 0. The van der Waals surface area contributed by atoms with E-state index >= 15 is 0 Å². The molecule has 1 aromatic rings. The maximum atomic E-state index is 10.6. The van der Waals surface area contributed by atoms with Gasteiger partial charge in [0.1, 0.15) is 12.4 Å². The molecule has 16 heteroatoms. The molecule has 0 aromatic heterocycles. The predicted octanol–water partition coefficient (Wildman–Crippen LogP) is -1.89. The Hall–Kier alpha value is -0.100. The average molecular weight is 647 g/mol. The van der Waals surface area contributed by atoms with Crippen LogP contribution >= 0.6 is 12.4 Å². The second-order valence-electron chi connectivity index (χ2n) is 7.29. The van der Waals surface area contributed by atoms with Gasteiger partial charge in [-0.3, -0.25) is 10.1 Å². The number of halogens is 2. The summed E-state index contributed by atoms with van der Waals surface area (Å²) in [4.78, 5) is 10.1. The SMILES string of the molecule is Cl.NCCOCCOCCOCCOCCOCCOCCOCCOCCOc1ccc([N+](=O)[O-])cc1.[Ca+].[Cl-]. The molecular weight excluding hydrogens is 603 g/mol. The Kier molecular flexibility index (Phi) is 38.9. The Morgan fingerprint density at radius 2 is 0.825 bits per heavy atom. The van der Waals surface area contributed by atoms with E-state index in [-0.39, 0.29) is 68.2 Å². The zero-order chi connectivity index (χ0) is 26.7. The van der Waals surface area contributed by atoms with E-state index in [0.717, 1.165) is 0 Å². The summed E-state index contributed by atoms with van der Waals surface area (Å²) < 4.78 is 48.5. The number of hydrogen-bond donors (Lipinski definition) is 1. The van der Waals surface area contributed by atoms with Crippen molar-refractivity contribution in [2.24, 2.45) is 5.73 Å². The Bertz CT molecular complexity index is 656. The number of nitrogens with zero attached hydrogens (tertiary/aromatic N) is 1. The fraction of sp³-hybridized carbons (Fsp3) is 0.750. The zero-order valence-corrected chi connectivity index (χ0v) is 26.8. The van der Waals surface area contributed by atoms with Crippen LogP contribution in [0.3, 0.4) is 0 Å². The quantitative estimate of drug-likeness (QED) is 0.0469. The molecule has 0 aliphatic heterocycles. The van der Waals surface area contributed by atoms with E-state index in [0.29, 0.717) is 125 Å². The Morgan fingerprint density at radius 1 is 0.550 bits per heavy atom. The summed E-state index contributed by atoms with van der Waals surface area (Å²) in [5.74, 6) is 0.559. The Morgan fingerprint density at radius 3 is 1.10 bits per heavy atom. The maximum absolute atomic E-state index is 10.6. The van der Waals surface area contributed by atoms with Crippen LogP contribution in [0, 0.1) is 10.1 Å². The predicted molar refractivity (Wildman–Crippen MR) is 147 cm³/mol. The third-order valence-corrected chi connectivity index (χ3v) is 4.41. The van der Waals surface area contributed by atoms with Crippen LogP contribution in [-0.4, -0.2) is 162 Å². The number of nitrogens with two attached hydrogens (primary N) is 1. The van der Waals surface area contributed by atoms with Crippen LogP contribution in [0.1, 0.15) is 0 Å². The van der Waals surface area contributed by atoms with Gasteiger partial charge >= 0.3 is 37.7 Å². The zero-order valence-electron chi connectivity index (χ0n) is 23.0. The third-order valence-electron chi connectivity index (χ3n) is 4.41. The minimum Gasteiger partial charge on any atom is -1.00 e. The van der Waals surface area contributed by atoms with Gasteiger partial charge in [-0.15, -0.1) is 12.4 Å². The van der Waals surface area contributed by atoms with Crippen molar-refractivity contribution in [3.63, 3.8) is 0 Å². The number of ether oxygens (including phenoxy) is 9. The van der Waals surface area contributed by atoms with Crippen LogP contribution in [0.15, 0.2) is 24.3 Å². The first-order chi connectivity index (χ1) is 18.2. The molecule has 40 heavy (non-hydrogen) atoms. The smallest absolute Gasteiger partial charge is 1.00 e. The fourth-order valence-corrected chi connectivity index (χ4v) is 2.61. The van der Waals surface area contributed by atoms with Crippen molar-refractivity contribution in [3.05, 3.63) is 34.4 Å². The van der Waals surface area contributed by atoms with Gasteiger partial charge < -0.3 is 60.8 Å². The summed E-state index contributed by atoms with van der Waals surface area (Å²) in [6.45, 7) is 8.78. The molecular formula is C24H43CaCl2N2O11. The van der Waals surface area contributed by atoms with Crippen LogP contribution in [0.2, 0.25) is 0 Å². The van der Waals surface area contributed by atoms with Gasteiger partial charge in [-0.2, -0.15) is 0 Å². The number of non-ortho nitro benzene ring substituents is 1. The van der Waals surface area contributed by atoms with E-state index in [2.05, 4.69) is 0 Å². The van der Waals surface area contributed by atoms with Gasteiger partial charge in [-0.1, -0.05) is 0 Å². The normalized spacial score (nSPS) is 10.3. The van der Waals surface area contributed by atoms with Gasteiger partial charge in [0.2, 0.25) is 0 Å². The van der Waals surface area contributed by atoms with Crippen LogP contribution in [0.4, 0.5) is 5.69 Å². The Balaban J connectivity index is -0.00000456. The van der Waals surface area contributed by atoms with Crippen molar-refractivity contribution in [2.75, 3.05) is 119 Å². The molecule has 0 saturated carbocycles. The molecule has 0 fully saturated rings. The summed E-state index contributed by atoms with van der Waals surface area (Å²) >= 11 is 0. The standard InChI is InChI=1S/C24H42N2O11.Ca.2ClH/c25-5-6-29-7-8-30-9-10-31-11-12-32-13-14-33-15-16-34-17-18-35-19-20-36-21-22-37-24-3-1-23(2-4-24)26(27)28;;;/h1-4H,5-22,25H2;;2*1H/q;+1;;/p-1. The van der Waals surface area contributed by atoms with E-state index in [1.165, 1.54) is 12.1 Å². The molecule has 2 N–H and O–H groups in total. The van der Waals surface area contributed by atoms with E-state index in [1.54, 1.807) is 12.1 Å². The number of nitro groups is 1. The minimum absolute atomic E-state index is 0. The first-order valence-corrected chi connectivity index (χ1v) is 12.4. The maximum Gasteiger partial charge on any atom is 1.00 e.